The smallest absolute Gasteiger partial charge is 0.407 e. The maximum Gasteiger partial charge on any atom is 0.407 e. The van der Waals surface area contributed by atoms with Crippen molar-refractivity contribution in [2.75, 3.05) is 27.2 Å². The Morgan fingerprint density at radius 1 is 1.06 bits per heavy atom. The Morgan fingerprint density at radius 3 is 2.29 bits per heavy atom. The monoisotopic (exact) mass is 477 g/mol. The van der Waals surface area contributed by atoms with Crippen LogP contribution in [0.1, 0.15) is 29.9 Å². The van der Waals surface area contributed by atoms with Crippen molar-refractivity contribution in [2.24, 2.45) is 5.92 Å². The molecule has 8 nitrogen and oxygen atoms in total. The number of nitrogens with one attached hydrogen (secondary N) is 2. The van der Waals surface area contributed by atoms with Crippen molar-refractivity contribution in [3.63, 3.8) is 0 Å². The normalized spacial score (nSPS) is 19.5. The van der Waals surface area contributed by atoms with Crippen LogP contribution in [-0.2, 0) is 14.3 Å². The third-order valence-corrected chi connectivity index (χ3v) is 6.50. The fourth-order valence-electron chi connectivity index (χ4n) is 4.82. The third kappa shape index (κ3) is 5.71. The number of allylic oxidation sites excluding steroid dienone is 1. The van der Waals surface area contributed by atoms with Crippen molar-refractivity contribution in [2.45, 2.75) is 30.8 Å². The maximum atomic E-state index is 13.0. The first-order chi connectivity index (χ1) is 16.8. The lowest BCUT2D eigenvalue weighted by Gasteiger charge is -2.27. The van der Waals surface area contributed by atoms with Gasteiger partial charge < -0.3 is 25.4 Å². The minimum atomic E-state index is -0.879. The lowest BCUT2D eigenvalue weighted by Crippen LogP contribution is -2.54. The molecule has 0 saturated carbocycles. The van der Waals surface area contributed by atoms with Crippen LogP contribution in [0, 0.1) is 5.92 Å². The highest BCUT2D eigenvalue weighted by Gasteiger charge is 2.31. The standard InChI is InChI=1S/C27H31N3O5/c1-30(2)15-24(25(31)28-18-9-7-8-17(14-18)26(32)33)29-27(34)35-16-23-21-12-5-3-10-19(21)20-11-4-6-13-22(20)23/h3-7,9-13,17-18,23-24H,8,14-16H2,1-2H3,(H,28,31)(H,29,34)(H,32,33). The van der Waals surface area contributed by atoms with Crippen LogP contribution in [0.4, 0.5) is 4.79 Å². The number of hydrogen-bond donors (Lipinski definition) is 3. The van der Waals surface area contributed by atoms with E-state index in [0.29, 0.717) is 12.8 Å². The molecule has 3 atom stereocenters. The van der Waals surface area contributed by atoms with E-state index in [9.17, 15) is 19.5 Å². The molecule has 2 aromatic carbocycles. The summed E-state index contributed by atoms with van der Waals surface area (Å²) in [5, 5.41) is 14.8. The molecule has 0 aromatic heterocycles. The summed E-state index contributed by atoms with van der Waals surface area (Å²) >= 11 is 0. The second-order valence-corrected chi connectivity index (χ2v) is 9.33. The summed E-state index contributed by atoms with van der Waals surface area (Å²) in [4.78, 5) is 38.8. The molecule has 0 saturated heterocycles. The van der Waals surface area contributed by atoms with Gasteiger partial charge >= 0.3 is 12.1 Å². The van der Waals surface area contributed by atoms with Gasteiger partial charge in [0.15, 0.2) is 0 Å². The number of carbonyl (C=O) groups excluding carboxylic acids is 2. The number of carboxylic acid groups (broad SMARTS) is 1. The van der Waals surface area contributed by atoms with Gasteiger partial charge in [0.2, 0.25) is 5.91 Å². The summed E-state index contributed by atoms with van der Waals surface area (Å²) in [5.41, 5.74) is 4.51. The number of nitrogens with zero attached hydrogens (tertiary/aromatic N) is 1. The summed E-state index contributed by atoms with van der Waals surface area (Å²) in [6.45, 7) is 0.427. The van der Waals surface area contributed by atoms with Gasteiger partial charge in [0.05, 0.1) is 5.92 Å². The van der Waals surface area contributed by atoms with E-state index in [1.807, 2.05) is 36.4 Å². The number of alkyl carbamates (subject to hydrolysis) is 1. The maximum absolute atomic E-state index is 13.0. The van der Waals surface area contributed by atoms with E-state index in [2.05, 4.69) is 22.8 Å². The van der Waals surface area contributed by atoms with Gasteiger partial charge in [-0.2, -0.15) is 0 Å². The number of aliphatic carboxylic acids is 1. The second-order valence-electron chi connectivity index (χ2n) is 9.33. The Bertz CT molecular complexity index is 1080. The lowest BCUT2D eigenvalue weighted by atomic mass is 9.91. The van der Waals surface area contributed by atoms with E-state index in [-0.39, 0.29) is 25.0 Å². The van der Waals surface area contributed by atoms with Crippen LogP contribution in [-0.4, -0.2) is 67.3 Å². The number of benzene rings is 2. The lowest BCUT2D eigenvalue weighted by molar-refractivity contribution is -0.142. The Labute approximate surface area is 205 Å². The van der Waals surface area contributed by atoms with E-state index in [1.54, 1.807) is 31.1 Å². The molecule has 0 aliphatic heterocycles. The molecule has 184 valence electrons. The molecule has 2 aliphatic rings. The van der Waals surface area contributed by atoms with Crippen molar-refractivity contribution in [1.29, 1.82) is 0 Å². The number of carboxylic acids is 1. The van der Waals surface area contributed by atoms with Crippen LogP contribution in [0.25, 0.3) is 11.1 Å². The van der Waals surface area contributed by atoms with Crippen LogP contribution in [0.3, 0.4) is 0 Å². The van der Waals surface area contributed by atoms with Crippen molar-refractivity contribution in [1.82, 2.24) is 15.5 Å². The zero-order valence-corrected chi connectivity index (χ0v) is 19.9. The predicted molar refractivity (Wildman–Crippen MR) is 132 cm³/mol. The Morgan fingerprint density at radius 2 is 1.69 bits per heavy atom. The second kappa shape index (κ2) is 10.7. The molecule has 2 aliphatic carbocycles. The molecule has 3 unspecified atom stereocenters. The Hall–Kier alpha value is -3.65. The largest absolute Gasteiger partial charge is 0.481 e. The quantitative estimate of drug-likeness (QED) is 0.505. The van der Waals surface area contributed by atoms with Crippen molar-refractivity contribution < 1.29 is 24.2 Å². The van der Waals surface area contributed by atoms with E-state index in [0.717, 1.165) is 22.3 Å². The summed E-state index contributed by atoms with van der Waals surface area (Å²) in [5.74, 6) is -1.87. The highest BCUT2D eigenvalue weighted by molar-refractivity contribution is 5.86. The van der Waals surface area contributed by atoms with Crippen LogP contribution in [0.15, 0.2) is 60.7 Å². The van der Waals surface area contributed by atoms with Gasteiger partial charge in [-0.05, 0) is 49.2 Å². The van der Waals surface area contributed by atoms with Crippen LogP contribution < -0.4 is 10.6 Å². The Balaban J connectivity index is 1.38. The molecule has 35 heavy (non-hydrogen) atoms. The van der Waals surface area contributed by atoms with Gasteiger partial charge in [-0.1, -0.05) is 60.7 Å². The predicted octanol–water partition coefficient (Wildman–Crippen LogP) is 2.99. The third-order valence-electron chi connectivity index (χ3n) is 6.50. The minimum Gasteiger partial charge on any atom is -0.481 e. The zero-order chi connectivity index (χ0) is 24.9. The fraction of sp³-hybridized carbons (Fsp3) is 0.370. The molecule has 0 fully saturated rings. The first kappa shape index (κ1) is 24.5. The summed E-state index contributed by atoms with van der Waals surface area (Å²) in [7, 11) is 3.61. The van der Waals surface area contributed by atoms with E-state index >= 15 is 0 Å². The first-order valence-corrected chi connectivity index (χ1v) is 11.8. The average Bonchev–Trinajstić information content (AvgIpc) is 3.16. The molecule has 2 aromatic rings. The topological polar surface area (TPSA) is 108 Å². The molecule has 8 heteroatoms. The highest BCUT2D eigenvalue weighted by atomic mass is 16.5. The van der Waals surface area contributed by atoms with E-state index in [1.165, 1.54) is 0 Å². The number of hydrogen-bond acceptors (Lipinski definition) is 5. The number of carbonyl (C=O) groups is 3. The molecule has 3 N–H and O–H groups in total. The van der Waals surface area contributed by atoms with E-state index in [4.69, 9.17) is 4.74 Å². The molecule has 0 radical (unpaired) electrons. The van der Waals surface area contributed by atoms with Crippen molar-refractivity contribution >= 4 is 18.0 Å². The highest BCUT2D eigenvalue weighted by Crippen LogP contribution is 2.44. The zero-order valence-electron chi connectivity index (χ0n) is 19.9. The van der Waals surface area contributed by atoms with Crippen LogP contribution >= 0.6 is 0 Å². The molecule has 0 bridgehead atoms. The molecular weight excluding hydrogens is 446 g/mol. The van der Waals surface area contributed by atoms with Crippen LogP contribution in [0.2, 0.25) is 0 Å². The SMILES string of the molecule is CN(C)CC(NC(=O)OCC1c2ccccc2-c2ccccc21)C(=O)NC1C=CCC(C(=O)O)C1. The molecular formula is C27H31N3O5. The minimum absolute atomic E-state index is 0.0744. The molecule has 4 rings (SSSR count). The van der Waals surface area contributed by atoms with Gasteiger partial charge in [-0.15, -0.1) is 0 Å². The van der Waals surface area contributed by atoms with Crippen LogP contribution in [0.5, 0.6) is 0 Å². The molecule has 0 heterocycles. The summed E-state index contributed by atoms with van der Waals surface area (Å²) < 4.78 is 5.60. The molecule has 0 spiro atoms. The average molecular weight is 478 g/mol. The van der Waals surface area contributed by atoms with Gasteiger partial charge in [-0.25, -0.2) is 4.79 Å². The van der Waals surface area contributed by atoms with Crippen molar-refractivity contribution in [3.05, 3.63) is 71.8 Å². The van der Waals surface area contributed by atoms with Gasteiger partial charge in [0.25, 0.3) is 0 Å². The number of ether oxygens (including phenoxy) is 1. The summed E-state index contributed by atoms with van der Waals surface area (Å²) in [6, 6.07) is 14.9. The fourth-order valence-corrected chi connectivity index (χ4v) is 4.82. The number of likely N-dealkylation sites (N-methyl/N-ethyl adjacent to an activating group) is 1. The van der Waals surface area contributed by atoms with Gasteiger partial charge in [-0.3, -0.25) is 9.59 Å². The van der Waals surface area contributed by atoms with Crippen molar-refractivity contribution in [3.8, 4) is 11.1 Å². The van der Waals surface area contributed by atoms with Gasteiger partial charge in [0, 0.05) is 18.5 Å². The number of rotatable bonds is 8. The van der Waals surface area contributed by atoms with E-state index < -0.39 is 30.1 Å². The Kier molecular flexibility index (Phi) is 7.51. The number of amides is 2. The summed E-state index contributed by atoms with van der Waals surface area (Å²) in [6.07, 6.45) is 3.67. The van der Waals surface area contributed by atoms with Gasteiger partial charge in [0.1, 0.15) is 12.6 Å². The first-order valence-electron chi connectivity index (χ1n) is 11.8. The number of fused-ring (bicyclic) bond motifs is 3. The molecule has 2 amide bonds.